The normalized spacial score (nSPS) is 15.0. The van der Waals surface area contributed by atoms with Gasteiger partial charge in [0, 0.05) is 37.3 Å². The number of morpholine rings is 1. The second-order valence-electron chi connectivity index (χ2n) is 7.57. The Morgan fingerprint density at radius 2 is 2.03 bits per heavy atom. The fourth-order valence-corrected chi connectivity index (χ4v) is 4.90. The van der Waals surface area contributed by atoms with E-state index in [1.807, 2.05) is 43.3 Å². The van der Waals surface area contributed by atoms with Crippen molar-refractivity contribution in [3.8, 4) is 0 Å². The highest BCUT2D eigenvalue weighted by Gasteiger charge is 2.19. The summed E-state index contributed by atoms with van der Waals surface area (Å²) in [5, 5.41) is 1.36. The third kappa shape index (κ3) is 5.52. The molecular formula is C24H26ClN3O2S. The first-order valence-corrected chi connectivity index (χ1v) is 11.7. The Hall–Kier alpha value is -2.25. The topological polar surface area (TPSA) is 45.7 Å². The molecule has 1 saturated heterocycles. The molecule has 162 valence electrons. The largest absolute Gasteiger partial charge is 0.379 e. The van der Waals surface area contributed by atoms with E-state index in [2.05, 4.69) is 11.0 Å². The van der Waals surface area contributed by atoms with E-state index in [-0.39, 0.29) is 5.91 Å². The van der Waals surface area contributed by atoms with Gasteiger partial charge in [-0.1, -0.05) is 53.3 Å². The zero-order chi connectivity index (χ0) is 21.6. The second kappa shape index (κ2) is 10.4. The lowest BCUT2D eigenvalue weighted by atomic mass is 10.2. The first-order chi connectivity index (χ1) is 15.1. The standard InChI is InChI=1S/C24H26ClN3O2S/c1-18-6-4-9-21-23(18)26-24(31-21)28(13-5-12-27-14-16-30-17-15-27)22(29)11-10-19-7-2-3-8-20(19)25/h2-4,6-11H,5,12-17H2,1H3/b11-10+. The highest BCUT2D eigenvalue weighted by atomic mass is 35.5. The number of nitrogens with zero attached hydrogens (tertiary/aromatic N) is 3. The maximum absolute atomic E-state index is 13.2. The summed E-state index contributed by atoms with van der Waals surface area (Å²) in [6, 6.07) is 13.6. The minimum atomic E-state index is -0.0846. The number of para-hydroxylation sites is 1. The fraction of sp³-hybridized carbons (Fsp3) is 0.333. The van der Waals surface area contributed by atoms with Gasteiger partial charge in [0.1, 0.15) is 0 Å². The van der Waals surface area contributed by atoms with Crippen LogP contribution in [0.15, 0.2) is 48.5 Å². The van der Waals surface area contributed by atoms with Crippen LogP contribution in [-0.2, 0) is 9.53 Å². The Kier molecular flexibility index (Phi) is 7.35. The van der Waals surface area contributed by atoms with Gasteiger partial charge in [0.15, 0.2) is 5.13 Å². The van der Waals surface area contributed by atoms with Crippen LogP contribution in [0, 0.1) is 6.92 Å². The summed E-state index contributed by atoms with van der Waals surface area (Å²) >= 11 is 7.80. The summed E-state index contributed by atoms with van der Waals surface area (Å²) in [4.78, 5) is 22.2. The van der Waals surface area contributed by atoms with E-state index in [1.54, 1.807) is 28.4 Å². The number of fused-ring (bicyclic) bond motifs is 1. The zero-order valence-corrected chi connectivity index (χ0v) is 19.2. The zero-order valence-electron chi connectivity index (χ0n) is 17.6. The predicted molar refractivity (Wildman–Crippen MR) is 129 cm³/mol. The number of hydrogen-bond donors (Lipinski definition) is 0. The van der Waals surface area contributed by atoms with E-state index in [4.69, 9.17) is 21.3 Å². The monoisotopic (exact) mass is 455 g/mol. The van der Waals surface area contributed by atoms with Crippen molar-refractivity contribution in [3.63, 3.8) is 0 Å². The molecule has 3 aromatic rings. The number of carbonyl (C=O) groups is 1. The number of carbonyl (C=O) groups excluding carboxylic acids is 1. The Morgan fingerprint density at radius 1 is 1.23 bits per heavy atom. The van der Waals surface area contributed by atoms with Gasteiger partial charge in [-0.25, -0.2) is 4.98 Å². The molecule has 2 aromatic carbocycles. The summed E-state index contributed by atoms with van der Waals surface area (Å²) < 4.78 is 6.52. The van der Waals surface area contributed by atoms with Crippen LogP contribution in [0.4, 0.5) is 5.13 Å². The molecule has 0 bridgehead atoms. The van der Waals surface area contributed by atoms with E-state index in [9.17, 15) is 4.79 Å². The van der Waals surface area contributed by atoms with Gasteiger partial charge in [-0.2, -0.15) is 0 Å². The molecule has 2 heterocycles. The van der Waals surface area contributed by atoms with Crippen molar-refractivity contribution in [2.45, 2.75) is 13.3 Å². The first-order valence-electron chi connectivity index (χ1n) is 10.5. The van der Waals surface area contributed by atoms with Gasteiger partial charge >= 0.3 is 0 Å². The van der Waals surface area contributed by atoms with Crippen molar-refractivity contribution >= 4 is 50.3 Å². The Bertz CT molecular complexity index is 1080. The van der Waals surface area contributed by atoms with E-state index in [0.717, 1.165) is 65.7 Å². The number of rotatable bonds is 7. The molecule has 0 aliphatic carbocycles. The molecular weight excluding hydrogens is 430 g/mol. The van der Waals surface area contributed by atoms with Crippen LogP contribution in [0.25, 0.3) is 16.3 Å². The van der Waals surface area contributed by atoms with Gasteiger partial charge in [0.25, 0.3) is 5.91 Å². The second-order valence-corrected chi connectivity index (χ2v) is 8.99. The molecule has 7 heteroatoms. The lowest BCUT2D eigenvalue weighted by molar-refractivity contribution is -0.114. The summed E-state index contributed by atoms with van der Waals surface area (Å²) in [6.07, 6.45) is 4.24. The van der Waals surface area contributed by atoms with Crippen LogP contribution in [0.2, 0.25) is 5.02 Å². The van der Waals surface area contributed by atoms with E-state index >= 15 is 0 Å². The molecule has 1 aromatic heterocycles. The number of aromatic nitrogens is 1. The van der Waals surface area contributed by atoms with Crippen molar-refractivity contribution in [2.75, 3.05) is 44.3 Å². The molecule has 0 N–H and O–H groups in total. The number of ether oxygens (including phenoxy) is 1. The summed E-state index contributed by atoms with van der Waals surface area (Å²) in [5.74, 6) is -0.0846. The average molecular weight is 456 g/mol. The van der Waals surface area contributed by atoms with Crippen molar-refractivity contribution in [2.24, 2.45) is 0 Å². The number of thiazole rings is 1. The number of halogens is 1. The third-order valence-corrected chi connectivity index (χ3v) is 6.76. The molecule has 0 spiro atoms. The number of benzene rings is 2. The molecule has 1 aliphatic heterocycles. The van der Waals surface area contributed by atoms with E-state index < -0.39 is 0 Å². The molecule has 4 rings (SSSR count). The first kappa shape index (κ1) is 22.0. The lowest BCUT2D eigenvalue weighted by Gasteiger charge is -2.27. The van der Waals surface area contributed by atoms with Crippen LogP contribution in [0.5, 0.6) is 0 Å². The molecule has 1 amide bonds. The summed E-state index contributed by atoms with van der Waals surface area (Å²) in [5.41, 5.74) is 2.90. The van der Waals surface area contributed by atoms with Gasteiger partial charge in [0.05, 0.1) is 23.4 Å². The summed E-state index contributed by atoms with van der Waals surface area (Å²) in [6.45, 7) is 7.04. The van der Waals surface area contributed by atoms with Gasteiger partial charge < -0.3 is 4.74 Å². The molecule has 31 heavy (non-hydrogen) atoms. The van der Waals surface area contributed by atoms with Gasteiger partial charge in [-0.05, 0) is 42.7 Å². The number of anilines is 1. The van der Waals surface area contributed by atoms with Crippen molar-refractivity contribution in [1.82, 2.24) is 9.88 Å². The van der Waals surface area contributed by atoms with Crippen LogP contribution < -0.4 is 4.90 Å². The Morgan fingerprint density at radius 3 is 2.81 bits per heavy atom. The number of amides is 1. The van der Waals surface area contributed by atoms with Crippen LogP contribution in [0.3, 0.4) is 0 Å². The molecule has 1 fully saturated rings. The van der Waals surface area contributed by atoms with Gasteiger partial charge in [-0.15, -0.1) is 0 Å². The fourth-order valence-electron chi connectivity index (χ4n) is 3.63. The minimum absolute atomic E-state index is 0.0846. The maximum Gasteiger partial charge on any atom is 0.252 e. The molecule has 0 radical (unpaired) electrons. The number of aryl methyl sites for hydroxylation is 1. The number of hydrogen-bond acceptors (Lipinski definition) is 5. The van der Waals surface area contributed by atoms with Gasteiger partial charge in [-0.3, -0.25) is 14.6 Å². The van der Waals surface area contributed by atoms with Crippen molar-refractivity contribution < 1.29 is 9.53 Å². The highest BCUT2D eigenvalue weighted by Crippen LogP contribution is 2.31. The van der Waals surface area contributed by atoms with Gasteiger partial charge in [0.2, 0.25) is 0 Å². The SMILES string of the molecule is Cc1cccc2sc(N(CCCN3CCOCC3)C(=O)/C=C/c3ccccc3Cl)nc12. The maximum atomic E-state index is 13.2. The average Bonchev–Trinajstić information content (AvgIpc) is 3.22. The highest BCUT2D eigenvalue weighted by molar-refractivity contribution is 7.22. The van der Waals surface area contributed by atoms with Crippen LogP contribution in [0.1, 0.15) is 17.5 Å². The minimum Gasteiger partial charge on any atom is -0.379 e. The van der Waals surface area contributed by atoms with E-state index in [0.29, 0.717) is 11.6 Å². The molecule has 0 atom stereocenters. The third-order valence-electron chi connectivity index (χ3n) is 5.38. The predicted octanol–water partition coefficient (Wildman–Crippen LogP) is 5.03. The molecule has 0 unspecified atom stereocenters. The van der Waals surface area contributed by atoms with Crippen molar-refractivity contribution in [3.05, 3.63) is 64.7 Å². The molecule has 5 nitrogen and oxygen atoms in total. The molecule has 1 aliphatic rings. The summed E-state index contributed by atoms with van der Waals surface area (Å²) in [7, 11) is 0. The quantitative estimate of drug-likeness (QED) is 0.469. The lowest BCUT2D eigenvalue weighted by Crippen LogP contribution is -2.39. The van der Waals surface area contributed by atoms with E-state index in [1.165, 1.54) is 0 Å². The Balaban J connectivity index is 1.54. The van der Waals surface area contributed by atoms with Crippen molar-refractivity contribution in [1.29, 1.82) is 0 Å². The Labute approximate surface area is 191 Å². The van der Waals surface area contributed by atoms with Crippen LogP contribution >= 0.6 is 22.9 Å². The van der Waals surface area contributed by atoms with Crippen LogP contribution in [-0.4, -0.2) is 55.2 Å². The molecule has 0 saturated carbocycles. The smallest absolute Gasteiger partial charge is 0.252 e.